The molecule has 0 aliphatic carbocycles. The Labute approximate surface area is 161 Å². The monoisotopic (exact) mass is 373 g/mol. The van der Waals surface area contributed by atoms with Gasteiger partial charge in [-0.25, -0.2) is 4.79 Å². The molecule has 3 atom stereocenters. The average molecular weight is 374 g/mol. The number of carbonyl (C=O) groups is 1. The molecule has 3 aliphatic heterocycles. The highest BCUT2D eigenvalue weighted by Crippen LogP contribution is 2.47. The van der Waals surface area contributed by atoms with Crippen LogP contribution in [0.15, 0.2) is 24.3 Å². The second-order valence-corrected chi connectivity index (χ2v) is 9.58. The fourth-order valence-corrected chi connectivity index (χ4v) is 6.28. The first-order valence-electron chi connectivity index (χ1n) is 9.91. The summed E-state index contributed by atoms with van der Waals surface area (Å²) < 4.78 is 0. The maximum absolute atomic E-state index is 12.9. The van der Waals surface area contributed by atoms with E-state index in [1.807, 2.05) is 14.1 Å². The number of benzene rings is 1. The Bertz CT molecular complexity index is 658. The lowest BCUT2D eigenvalue weighted by Crippen LogP contribution is -2.43. The molecule has 3 saturated heterocycles. The molecule has 1 aromatic carbocycles. The summed E-state index contributed by atoms with van der Waals surface area (Å²) in [6.45, 7) is 5.40. The number of amides is 2. The summed E-state index contributed by atoms with van der Waals surface area (Å²) in [6.07, 6.45) is 2.67. The topological polar surface area (TPSA) is 26.8 Å². The van der Waals surface area contributed by atoms with Gasteiger partial charge in [-0.3, -0.25) is 4.90 Å². The molecule has 0 aromatic heterocycles. The molecule has 3 aliphatic rings. The van der Waals surface area contributed by atoms with Gasteiger partial charge in [0.15, 0.2) is 0 Å². The maximum atomic E-state index is 12.9. The van der Waals surface area contributed by atoms with E-state index in [-0.39, 0.29) is 12.1 Å². The van der Waals surface area contributed by atoms with Gasteiger partial charge in [0.25, 0.3) is 0 Å². The lowest BCUT2D eigenvalue weighted by molar-refractivity contribution is 0.143. The van der Waals surface area contributed by atoms with Crippen LogP contribution >= 0.6 is 11.8 Å². The summed E-state index contributed by atoms with van der Waals surface area (Å²) in [5.41, 5.74) is 2.65. The van der Waals surface area contributed by atoms with Crippen molar-refractivity contribution in [1.29, 1.82) is 0 Å². The molecule has 0 bridgehead atoms. The summed E-state index contributed by atoms with van der Waals surface area (Å²) in [6, 6.07) is 9.79. The van der Waals surface area contributed by atoms with Crippen LogP contribution in [0.5, 0.6) is 0 Å². The van der Waals surface area contributed by atoms with Gasteiger partial charge < -0.3 is 9.80 Å². The first kappa shape index (κ1) is 18.2. The van der Waals surface area contributed by atoms with Crippen LogP contribution in [0, 0.1) is 18.8 Å². The van der Waals surface area contributed by atoms with Crippen molar-refractivity contribution in [2.75, 3.05) is 45.2 Å². The van der Waals surface area contributed by atoms with Crippen LogP contribution in [0.4, 0.5) is 4.79 Å². The zero-order valence-corrected chi connectivity index (χ0v) is 17.0. The third kappa shape index (κ3) is 3.24. The highest BCUT2D eigenvalue weighted by atomic mass is 32.2. The zero-order chi connectivity index (χ0) is 18.3. The van der Waals surface area contributed by atoms with Crippen LogP contribution in [-0.2, 0) is 0 Å². The van der Waals surface area contributed by atoms with Crippen molar-refractivity contribution in [1.82, 2.24) is 14.7 Å². The molecular weight excluding hydrogens is 342 g/mol. The van der Waals surface area contributed by atoms with Gasteiger partial charge in [-0.2, -0.15) is 11.8 Å². The Morgan fingerprint density at radius 3 is 2.54 bits per heavy atom. The zero-order valence-electron chi connectivity index (χ0n) is 16.2. The number of urea groups is 1. The molecule has 0 saturated carbocycles. The Balaban J connectivity index is 1.60. The van der Waals surface area contributed by atoms with E-state index in [9.17, 15) is 4.79 Å². The number of hydrogen-bond donors (Lipinski definition) is 0. The van der Waals surface area contributed by atoms with Gasteiger partial charge in [0, 0.05) is 45.7 Å². The van der Waals surface area contributed by atoms with Crippen LogP contribution in [0.1, 0.15) is 30.0 Å². The third-order valence-electron chi connectivity index (χ3n) is 6.53. The van der Waals surface area contributed by atoms with E-state index in [1.54, 1.807) is 4.90 Å². The SMILES string of the molecule is Cc1ccccc1[C@H]1[C@@H]2CN(C3CCSCC3)C[C@@H]2CN1C(=O)N(C)C. The number of hydrogen-bond acceptors (Lipinski definition) is 3. The number of thioether (sulfide) groups is 1. The number of aryl methyl sites for hydroxylation is 1. The Morgan fingerprint density at radius 2 is 1.85 bits per heavy atom. The molecule has 26 heavy (non-hydrogen) atoms. The summed E-state index contributed by atoms with van der Waals surface area (Å²) in [5.74, 6) is 3.79. The van der Waals surface area contributed by atoms with Crippen LogP contribution in [0.2, 0.25) is 0 Å². The second kappa shape index (κ2) is 7.43. The van der Waals surface area contributed by atoms with Gasteiger partial charge in [0.2, 0.25) is 0 Å². The predicted molar refractivity (Wildman–Crippen MR) is 109 cm³/mol. The number of carbonyl (C=O) groups excluding carboxylic acids is 1. The quantitative estimate of drug-likeness (QED) is 0.794. The van der Waals surface area contributed by atoms with Crippen molar-refractivity contribution in [3.8, 4) is 0 Å². The Hall–Kier alpha value is -1.20. The van der Waals surface area contributed by atoms with E-state index < -0.39 is 0 Å². The minimum Gasteiger partial charge on any atom is -0.331 e. The molecule has 0 radical (unpaired) electrons. The van der Waals surface area contributed by atoms with E-state index in [2.05, 4.69) is 52.8 Å². The molecule has 2 amide bonds. The van der Waals surface area contributed by atoms with E-state index >= 15 is 0 Å². The van der Waals surface area contributed by atoms with Crippen LogP contribution in [0.3, 0.4) is 0 Å². The third-order valence-corrected chi connectivity index (χ3v) is 7.58. The normalized spacial score (nSPS) is 29.8. The van der Waals surface area contributed by atoms with Crippen LogP contribution in [0.25, 0.3) is 0 Å². The molecule has 3 fully saturated rings. The summed E-state index contributed by atoms with van der Waals surface area (Å²) in [4.78, 5) is 19.5. The molecule has 4 rings (SSSR count). The molecule has 4 nitrogen and oxygen atoms in total. The number of rotatable bonds is 2. The van der Waals surface area contributed by atoms with Gasteiger partial charge in [0.05, 0.1) is 6.04 Å². The highest BCUT2D eigenvalue weighted by molar-refractivity contribution is 7.99. The first-order valence-corrected chi connectivity index (χ1v) is 11.1. The number of likely N-dealkylation sites (tertiary alicyclic amines) is 2. The average Bonchev–Trinajstić information content (AvgIpc) is 3.20. The lowest BCUT2D eigenvalue weighted by Gasteiger charge is -2.35. The van der Waals surface area contributed by atoms with Crippen LogP contribution < -0.4 is 0 Å². The fraction of sp³-hybridized carbons (Fsp3) is 0.667. The second-order valence-electron chi connectivity index (χ2n) is 8.35. The minimum absolute atomic E-state index is 0.160. The molecular formula is C21H31N3OS. The lowest BCUT2D eigenvalue weighted by atomic mass is 9.87. The van der Waals surface area contributed by atoms with Crippen molar-refractivity contribution in [3.05, 3.63) is 35.4 Å². The Kier molecular flexibility index (Phi) is 5.20. The van der Waals surface area contributed by atoms with E-state index in [0.717, 1.165) is 19.1 Å². The minimum atomic E-state index is 0.160. The Morgan fingerprint density at radius 1 is 1.12 bits per heavy atom. The van der Waals surface area contributed by atoms with E-state index in [1.165, 1.54) is 42.0 Å². The number of fused-ring (bicyclic) bond motifs is 1. The fourth-order valence-electron chi connectivity index (χ4n) is 5.20. The first-order chi connectivity index (χ1) is 12.6. The predicted octanol–water partition coefficient (Wildman–Crippen LogP) is 3.48. The van der Waals surface area contributed by atoms with E-state index in [0.29, 0.717) is 11.8 Å². The largest absolute Gasteiger partial charge is 0.331 e. The summed E-state index contributed by atoms with van der Waals surface area (Å²) in [5, 5.41) is 0. The van der Waals surface area contributed by atoms with Gasteiger partial charge in [-0.1, -0.05) is 24.3 Å². The van der Waals surface area contributed by atoms with Gasteiger partial charge in [0.1, 0.15) is 0 Å². The van der Waals surface area contributed by atoms with E-state index in [4.69, 9.17) is 0 Å². The number of nitrogens with zero attached hydrogens (tertiary/aromatic N) is 3. The summed E-state index contributed by atoms with van der Waals surface area (Å²) in [7, 11) is 3.74. The van der Waals surface area contributed by atoms with Crippen molar-refractivity contribution >= 4 is 17.8 Å². The van der Waals surface area contributed by atoms with Crippen LogP contribution in [-0.4, -0.2) is 72.0 Å². The smallest absolute Gasteiger partial charge is 0.320 e. The summed E-state index contributed by atoms with van der Waals surface area (Å²) >= 11 is 2.10. The van der Waals surface area contributed by atoms with Crippen molar-refractivity contribution in [2.45, 2.75) is 31.8 Å². The van der Waals surface area contributed by atoms with Gasteiger partial charge in [-0.15, -0.1) is 0 Å². The van der Waals surface area contributed by atoms with Gasteiger partial charge >= 0.3 is 6.03 Å². The van der Waals surface area contributed by atoms with Gasteiger partial charge in [-0.05, 0) is 48.3 Å². The highest BCUT2D eigenvalue weighted by Gasteiger charge is 2.50. The molecule has 142 valence electrons. The molecule has 5 heteroatoms. The molecule has 0 N–H and O–H groups in total. The van der Waals surface area contributed by atoms with Crippen molar-refractivity contribution < 1.29 is 4.79 Å². The molecule has 0 unspecified atom stereocenters. The molecule has 3 heterocycles. The van der Waals surface area contributed by atoms with Crippen molar-refractivity contribution in [2.24, 2.45) is 11.8 Å². The molecule has 0 spiro atoms. The molecule has 1 aromatic rings. The standard InChI is InChI=1S/C21H31N3OS/c1-15-6-4-5-7-18(15)20-19-14-23(17-8-10-26-11-9-17)12-16(19)13-24(20)21(25)22(2)3/h4-7,16-17,19-20H,8-14H2,1-3H3/t16-,19-,20+/m1/s1. The maximum Gasteiger partial charge on any atom is 0.320 e. The van der Waals surface area contributed by atoms with Crippen molar-refractivity contribution in [3.63, 3.8) is 0 Å².